The SMILES string of the molecule is CCN1CCC(N(C)CCNCC(C)C)CC1. The summed E-state index contributed by atoms with van der Waals surface area (Å²) in [5.74, 6) is 0.757. The molecular weight excluding hydrogens is 210 g/mol. The lowest BCUT2D eigenvalue weighted by molar-refractivity contribution is 0.132. The second-order valence-corrected chi connectivity index (χ2v) is 5.74. The summed E-state index contributed by atoms with van der Waals surface area (Å²) in [4.78, 5) is 5.10. The molecule has 3 nitrogen and oxygen atoms in total. The molecule has 17 heavy (non-hydrogen) atoms. The van der Waals surface area contributed by atoms with Crippen LogP contribution in [0.4, 0.5) is 0 Å². The first-order valence-electron chi connectivity index (χ1n) is 7.26. The van der Waals surface area contributed by atoms with Gasteiger partial charge in [0.2, 0.25) is 0 Å². The molecule has 0 radical (unpaired) electrons. The number of hydrogen-bond acceptors (Lipinski definition) is 3. The first kappa shape index (κ1) is 14.9. The number of piperidine rings is 1. The van der Waals surface area contributed by atoms with Crippen molar-refractivity contribution < 1.29 is 0 Å². The number of rotatable bonds is 7. The fourth-order valence-corrected chi connectivity index (χ4v) is 2.51. The summed E-state index contributed by atoms with van der Waals surface area (Å²) >= 11 is 0. The predicted molar refractivity (Wildman–Crippen MR) is 75.5 cm³/mol. The lowest BCUT2D eigenvalue weighted by Gasteiger charge is -2.36. The Morgan fingerprint density at radius 3 is 2.47 bits per heavy atom. The summed E-state index contributed by atoms with van der Waals surface area (Å²) in [6.45, 7) is 14.0. The second-order valence-electron chi connectivity index (χ2n) is 5.74. The van der Waals surface area contributed by atoms with Gasteiger partial charge in [-0.3, -0.25) is 0 Å². The fourth-order valence-electron chi connectivity index (χ4n) is 2.51. The minimum absolute atomic E-state index is 0.757. The van der Waals surface area contributed by atoms with Crippen LogP contribution >= 0.6 is 0 Å². The maximum atomic E-state index is 3.52. The summed E-state index contributed by atoms with van der Waals surface area (Å²) in [7, 11) is 2.28. The van der Waals surface area contributed by atoms with Gasteiger partial charge in [-0.15, -0.1) is 0 Å². The topological polar surface area (TPSA) is 18.5 Å². The predicted octanol–water partition coefficient (Wildman–Crippen LogP) is 1.65. The van der Waals surface area contributed by atoms with Crippen molar-refractivity contribution in [2.75, 3.05) is 46.3 Å². The molecule has 0 bridgehead atoms. The highest BCUT2D eigenvalue weighted by molar-refractivity contribution is 4.78. The van der Waals surface area contributed by atoms with Crippen LogP contribution in [-0.2, 0) is 0 Å². The van der Waals surface area contributed by atoms with E-state index in [9.17, 15) is 0 Å². The van der Waals surface area contributed by atoms with Gasteiger partial charge < -0.3 is 15.1 Å². The van der Waals surface area contributed by atoms with E-state index in [4.69, 9.17) is 0 Å². The Kier molecular flexibility index (Phi) is 7.09. The van der Waals surface area contributed by atoms with Gasteiger partial charge in [-0.05, 0) is 52.0 Å². The van der Waals surface area contributed by atoms with Gasteiger partial charge in [0.1, 0.15) is 0 Å². The number of nitrogens with zero attached hydrogens (tertiary/aromatic N) is 2. The number of nitrogens with one attached hydrogen (secondary N) is 1. The third kappa shape index (κ3) is 5.84. The highest BCUT2D eigenvalue weighted by Gasteiger charge is 2.20. The van der Waals surface area contributed by atoms with E-state index in [-0.39, 0.29) is 0 Å². The third-order valence-electron chi connectivity index (χ3n) is 3.82. The lowest BCUT2D eigenvalue weighted by Crippen LogP contribution is -2.45. The van der Waals surface area contributed by atoms with E-state index >= 15 is 0 Å². The summed E-state index contributed by atoms with van der Waals surface area (Å²) < 4.78 is 0. The highest BCUT2D eigenvalue weighted by Crippen LogP contribution is 2.14. The number of hydrogen-bond donors (Lipinski definition) is 1. The molecule has 0 spiro atoms. The summed E-state index contributed by atoms with van der Waals surface area (Å²) in [6.07, 6.45) is 2.68. The van der Waals surface area contributed by atoms with Crippen LogP contribution in [0.1, 0.15) is 33.6 Å². The number of likely N-dealkylation sites (N-methyl/N-ethyl adjacent to an activating group) is 1. The monoisotopic (exact) mass is 241 g/mol. The quantitative estimate of drug-likeness (QED) is 0.684. The third-order valence-corrected chi connectivity index (χ3v) is 3.82. The Bertz CT molecular complexity index is 186. The van der Waals surface area contributed by atoms with Crippen molar-refractivity contribution >= 4 is 0 Å². The Hall–Kier alpha value is -0.120. The molecule has 102 valence electrons. The van der Waals surface area contributed by atoms with Gasteiger partial charge in [-0.25, -0.2) is 0 Å². The van der Waals surface area contributed by atoms with Crippen molar-refractivity contribution in [3.8, 4) is 0 Å². The molecule has 0 atom stereocenters. The minimum atomic E-state index is 0.757. The molecule has 1 N–H and O–H groups in total. The van der Waals surface area contributed by atoms with Crippen molar-refractivity contribution in [3.05, 3.63) is 0 Å². The average molecular weight is 241 g/mol. The normalized spacial score (nSPS) is 19.4. The van der Waals surface area contributed by atoms with Crippen LogP contribution in [0, 0.1) is 5.92 Å². The molecule has 0 aromatic heterocycles. The van der Waals surface area contributed by atoms with Crippen LogP contribution in [-0.4, -0.2) is 62.2 Å². The molecule has 0 unspecified atom stereocenters. The molecule has 3 heteroatoms. The van der Waals surface area contributed by atoms with Crippen LogP contribution in [0.25, 0.3) is 0 Å². The first-order chi connectivity index (χ1) is 8.13. The van der Waals surface area contributed by atoms with E-state index in [1.165, 1.54) is 39.0 Å². The zero-order valence-electron chi connectivity index (χ0n) is 12.2. The van der Waals surface area contributed by atoms with Crippen molar-refractivity contribution in [2.24, 2.45) is 5.92 Å². The van der Waals surface area contributed by atoms with Gasteiger partial charge in [0, 0.05) is 19.1 Å². The van der Waals surface area contributed by atoms with Crippen molar-refractivity contribution in [1.82, 2.24) is 15.1 Å². The molecule has 1 heterocycles. The van der Waals surface area contributed by atoms with Crippen molar-refractivity contribution in [1.29, 1.82) is 0 Å². The Labute approximate surface area is 108 Å². The lowest BCUT2D eigenvalue weighted by atomic mass is 10.0. The van der Waals surface area contributed by atoms with Gasteiger partial charge in [-0.2, -0.15) is 0 Å². The maximum absolute atomic E-state index is 3.52. The zero-order valence-corrected chi connectivity index (χ0v) is 12.2. The molecule has 1 aliphatic heterocycles. The molecule has 1 fully saturated rings. The molecule has 1 rings (SSSR count). The molecule has 0 aromatic carbocycles. The average Bonchev–Trinajstić information content (AvgIpc) is 2.34. The highest BCUT2D eigenvalue weighted by atomic mass is 15.2. The van der Waals surface area contributed by atoms with Crippen molar-refractivity contribution in [3.63, 3.8) is 0 Å². The van der Waals surface area contributed by atoms with E-state index in [1.807, 2.05) is 0 Å². The van der Waals surface area contributed by atoms with Gasteiger partial charge in [0.05, 0.1) is 0 Å². The second kappa shape index (κ2) is 8.06. The van der Waals surface area contributed by atoms with Crippen LogP contribution in [0.5, 0.6) is 0 Å². The Balaban J connectivity index is 2.09. The molecule has 0 saturated carbocycles. The van der Waals surface area contributed by atoms with E-state index in [1.54, 1.807) is 0 Å². The van der Waals surface area contributed by atoms with Crippen molar-refractivity contribution in [2.45, 2.75) is 39.7 Å². The van der Waals surface area contributed by atoms with Gasteiger partial charge in [0.15, 0.2) is 0 Å². The first-order valence-corrected chi connectivity index (χ1v) is 7.26. The fraction of sp³-hybridized carbons (Fsp3) is 1.00. The standard InChI is InChI=1S/C14H31N3/c1-5-17-9-6-14(7-10-17)16(4)11-8-15-12-13(2)3/h13-15H,5-12H2,1-4H3. The van der Waals surface area contributed by atoms with Crippen LogP contribution in [0.15, 0.2) is 0 Å². The summed E-state index contributed by atoms with van der Waals surface area (Å²) in [6, 6.07) is 0.804. The minimum Gasteiger partial charge on any atom is -0.315 e. The number of likely N-dealkylation sites (tertiary alicyclic amines) is 1. The van der Waals surface area contributed by atoms with E-state index < -0.39 is 0 Å². The van der Waals surface area contributed by atoms with Crippen LogP contribution in [0.3, 0.4) is 0 Å². The molecule has 1 aliphatic rings. The van der Waals surface area contributed by atoms with Gasteiger partial charge >= 0.3 is 0 Å². The molecule has 0 aliphatic carbocycles. The molecule has 0 amide bonds. The summed E-state index contributed by atoms with van der Waals surface area (Å²) in [5, 5.41) is 3.52. The molecular formula is C14H31N3. The van der Waals surface area contributed by atoms with E-state index in [0.29, 0.717) is 0 Å². The van der Waals surface area contributed by atoms with Crippen LogP contribution < -0.4 is 5.32 Å². The zero-order chi connectivity index (χ0) is 12.7. The molecule has 0 aromatic rings. The van der Waals surface area contributed by atoms with Gasteiger partial charge in [0.25, 0.3) is 0 Å². The van der Waals surface area contributed by atoms with E-state index in [0.717, 1.165) is 25.0 Å². The van der Waals surface area contributed by atoms with Crippen LogP contribution in [0.2, 0.25) is 0 Å². The van der Waals surface area contributed by atoms with E-state index in [2.05, 4.69) is 42.9 Å². The largest absolute Gasteiger partial charge is 0.315 e. The van der Waals surface area contributed by atoms with Gasteiger partial charge in [-0.1, -0.05) is 20.8 Å². The Morgan fingerprint density at radius 1 is 1.29 bits per heavy atom. The maximum Gasteiger partial charge on any atom is 0.0117 e. The molecule has 1 saturated heterocycles. The smallest absolute Gasteiger partial charge is 0.0117 e. The Morgan fingerprint density at radius 2 is 1.94 bits per heavy atom. The summed E-state index contributed by atoms with van der Waals surface area (Å²) in [5.41, 5.74) is 0.